The van der Waals surface area contributed by atoms with Gasteiger partial charge in [-0.3, -0.25) is 0 Å². The van der Waals surface area contributed by atoms with Crippen LogP contribution in [0, 0.1) is 13.8 Å². The lowest BCUT2D eigenvalue weighted by atomic mass is 10.1. The average molecular weight is 219 g/mol. The minimum absolute atomic E-state index is 0.400. The molecule has 2 nitrogen and oxygen atoms in total. The highest BCUT2D eigenvalue weighted by Gasteiger charge is 2.18. The molecule has 1 aliphatic rings. The van der Waals surface area contributed by atoms with Gasteiger partial charge < -0.3 is 9.64 Å². The monoisotopic (exact) mass is 219 g/mol. The molecule has 0 radical (unpaired) electrons. The van der Waals surface area contributed by atoms with E-state index in [1.54, 1.807) is 0 Å². The third-order valence-electron chi connectivity index (χ3n) is 3.30. The van der Waals surface area contributed by atoms with Crippen LogP contribution in [0.4, 0.5) is 0 Å². The van der Waals surface area contributed by atoms with Crippen molar-refractivity contribution in [1.29, 1.82) is 0 Å². The molecule has 0 aromatic heterocycles. The van der Waals surface area contributed by atoms with E-state index in [4.69, 9.17) is 4.74 Å². The molecule has 0 saturated carbocycles. The third kappa shape index (κ3) is 2.76. The van der Waals surface area contributed by atoms with Crippen molar-refractivity contribution in [3.63, 3.8) is 0 Å². The Morgan fingerprint density at radius 2 is 1.88 bits per heavy atom. The second-order valence-electron chi connectivity index (χ2n) is 4.89. The summed E-state index contributed by atoms with van der Waals surface area (Å²) in [7, 11) is 2.17. The number of hydrogen-bond acceptors (Lipinski definition) is 2. The molecule has 2 heteroatoms. The van der Waals surface area contributed by atoms with E-state index >= 15 is 0 Å². The molecule has 0 aliphatic carbocycles. The molecule has 1 saturated heterocycles. The molecular weight excluding hydrogens is 198 g/mol. The number of rotatable bonds is 2. The van der Waals surface area contributed by atoms with Crippen molar-refractivity contribution in [2.45, 2.75) is 32.8 Å². The van der Waals surface area contributed by atoms with Crippen molar-refractivity contribution in [2.75, 3.05) is 20.1 Å². The van der Waals surface area contributed by atoms with E-state index in [9.17, 15) is 0 Å². The minimum Gasteiger partial charge on any atom is -0.490 e. The third-order valence-corrected chi connectivity index (χ3v) is 3.30. The Balaban J connectivity index is 2.00. The van der Waals surface area contributed by atoms with Crippen LogP contribution in [-0.2, 0) is 0 Å². The zero-order chi connectivity index (χ0) is 11.5. The molecule has 1 aliphatic heterocycles. The normalized spacial score (nSPS) is 18.7. The van der Waals surface area contributed by atoms with Crippen molar-refractivity contribution >= 4 is 0 Å². The second kappa shape index (κ2) is 4.88. The van der Waals surface area contributed by atoms with Crippen molar-refractivity contribution in [3.8, 4) is 5.75 Å². The van der Waals surface area contributed by atoms with Crippen LogP contribution in [0.2, 0.25) is 0 Å². The summed E-state index contributed by atoms with van der Waals surface area (Å²) in [5, 5.41) is 0. The highest BCUT2D eigenvalue weighted by Crippen LogP contribution is 2.23. The molecule has 1 aromatic rings. The predicted molar refractivity (Wildman–Crippen MR) is 67.1 cm³/mol. The molecular formula is C14H21NO. The summed E-state index contributed by atoms with van der Waals surface area (Å²) in [6.45, 7) is 6.52. The van der Waals surface area contributed by atoms with E-state index in [0.717, 1.165) is 31.7 Å². The zero-order valence-electron chi connectivity index (χ0n) is 10.5. The van der Waals surface area contributed by atoms with E-state index in [1.807, 2.05) is 0 Å². The number of hydrogen-bond donors (Lipinski definition) is 0. The molecule has 88 valence electrons. The van der Waals surface area contributed by atoms with Crippen LogP contribution >= 0.6 is 0 Å². The molecule has 2 rings (SSSR count). The maximum absolute atomic E-state index is 6.09. The van der Waals surface area contributed by atoms with Gasteiger partial charge in [-0.2, -0.15) is 0 Å². The Bertz CT molecular complexity index is 354. The highest BCUT2D eigenvalue weighted by atomic mass is 16.5. The molecule has 0 atom stereocenters. The summed E-state index contributed by atoms with van der Waals surface area (Å²) in [6.07, 6.45) is 2.69. The summed E-state index contributed by atoms with van der Waals surface area (Å²) < 4.78 is 6.09. The lowest BCUT2D eigenvalue weighted by Gasteiger charge is -2.29. The zero-order valence-corrected chi connectivity index (χ0v) is 10.5. The summed E-state index contributed by atoms with van der Waals surface area (Å²) in [5.41, 5.74) is 2.51. The van der Waals surface area contributed by atoms with E-state index in [1.165, 1.54) is 11.1 Å². The summed E-state index contributed by atoms with van der Waals surface area (Å²) in [5.74, 6) is 1.06. The molecule has 16 heavy (non-hydrogen) atoms. The van der Waals surface area contributed by atoms with Gasteiger partial charge in [0, 0.05) is 13.1 Å². The number of nitrogens with zero attached hydrogens (tertiary/aromatic N) is 1. The van der Waals surface area contributed by atoms with Gasteiger partial charge in [0.1, 0.15) is 11.9 Å². The van der Waals surface area contributed by atoms with Crippen molar-refractivity contribution in [3.05, 3.63) is 29.3 Å². The van der Waals surface area contributed by atoms with Gasteiger partial charge in [-0.15, -0.1) is 0 Å². The number of aryl methyl sites for hydroxylation is 2. The van der Waals surface area contributed by atoms with Gasteiger partial charge in [-0.1, -0.05) is 12.1 Å². The highest BCUT2D eigenvalue weighted by molar-refractivity contribution is 5.36. The van der Waals surface area contributed by atoms with Crippen LogP contribution in [-0.4, -0.2) is 31.1 Å². The number of likely N-dealkylation sites (tertiary alicyclic amines) is 1. The van der Waals surface area contributed by atoms with Crippen LogP contribution in [0.25, 0.3) is 0 Å². The van der Waals surface area contributed by atoms with Gasteiger partial charge in [-0.05, 0) is 50.9 Å². The van der Waals surface area contributed by atoms with Gasteiger partial charge in [-0.25, -0.2) is 0 Å². The lowest BCUT2D eigenvalue weighted by Crippen LogP contribution is -2.35. The number of benzene rings is 1. The van der Waals surface area contributed by atoms with Gasteiger partial charge >= 0.3 is 0 Å². The fourth-order valence-corrected chi connectivity index (χ4v) is 2.12. The van der Waals surface area contributed by atoms with Gasteiger partial charge in [0.15, 0.2) is 0 Å². The Hall–Kier alpha value is -1.02. The fraction of sp³-hybridized carbons (Fsp3) is 0.571. The molecule has 0 unspecified atom stereocenters. The average Bonchev–Trinajstić information content (AvgIpc) is 2.27. The number of piperidine rings is 1. The SMILES string of the molecule is Cc1ccc(C)c(OC2CCN(C)CC2)c1. The quantitative estimate of drug-likeness (QED) is 0.758. The first-order valence-electron chi connectivity index (χ1n) is 6.07. The van der Waals surface area contributed by atoms with E-state index in [-0.39, 0.29) is 0 Å². The standard InChI is InChI=1S/C14H21NO/c1-11-4-5-12(2)14(10-11)16-13-6-8-15(3)9-7-13/h4-5,10,13H,6-9H2,1-3H3. The van der Waals surface area contributed by atoms with Crippen LogP contribution in [0.1, 0.15) is 24.0 Å². The van der Waals surface area contributed by atoms with Gasteiger partial charge in [0.05, 0.1) is 0 Å². The van der Waals surface area contributed by atoms with Crippen molar-refractivity contribution in [2.24, 2.45) is 0 Å². The number of ether oxygens (including phenoxy) is 1. The molecule has 0 amide bonds. The van der Waals surface area contributed by atoms with E-state index < -0.39 is 0 Å². The molecule has 1 fully saturated rings. The summed E-state index contributed by atoms with van der Waals surface area (Å²) >= 11 is 0. The minimum atomic E-state index is 0.400. The van der Waals surface area contributed by atoms with Crippen molar-refractivity contribution < 1.29 is 4.74 Å². The Morgan fingerprint density at radius 1 is 1.19 bits per heavy atom. The molecule has 0 bridgehead atoms. The van der Waals surface area contributed by atoms with Gasteiger partial charge in [0.2, 0.25) is 0 Å². The molecule has 0 N–H and O–H groups in total. The summed E-state index contributed by atoms with van der Waals surface area (Å²) in [4.78, 5) is 2.36. The molecule has 1 aromatic carbocycles. The van der Waals surface area contributed by atoms with Crippen LogP contribution in [0.5, 0.6) is 5.75 Å². The Kier molecular flexibility index (Phi) is 3.49. The van der Waals surface area contributed by atoms with Crippen LogP contribution in [0.15, 0.2) is 18.2 Å². The van der Waals surface area contributed by atoms with Gasteiger partial charge in [0.25, 0.3) is 0 Å². The molecule has 0 spiro atoms. The Morgan fingerprint density at radius 3 is 2.56 bits per heavy atom. The first-order valence-corrected chi connectivity index (χ1v) is 6.07. The second-order valence-corrected chi connectivity index (χ2v) is 4.89. The Labute approximate surface area is 98.2 Å². The fourth-order valence-electron chi connectivity index (χ4n) is 2.12. The van der Waals surface area contributed by atoms with Crippen LogP contribution < -0.4 is 4.74 Å². The maximum Gasteiger partial charge on any atom is 0.122 e. The lowest BCUT2D eigenvalue weighted by molar-refractivity contribution is 0.113. The topological polar surface area (TPSA) is 12.5 Å². The first-order chi connectivity index (χ1) is 7.65. The van der Waals surface area contributed by atoms with Crippen LogP contribution in [0.3, 0.4) is 0 Å². The first kappa shape index (κ1) is 11.5. The smallest absolute Gasteiger partial charge is 0.122 e. The summed E-state index contributed by atoms with van der Waals surface area (Å²) in [6, 6.07) is 6.42. The van der Waals surface area contributed by atoms with Crippen molar-refractivity contribution in [1.82, 2.24) is 4.90 Å². The maximum atomic E-state index is 6.09. The van der Waals surface area contributed by atoms with E-state index in [2.05, 4.69) is 44.0 Å². The predicted octanol–water partition coefficient (Wildman–Crippen LogP) is 2.78. The molecule has 1 heterocycles. The largest absolute Gasteiger partial charge is 0.490 e. The van der Waals surface area contributed by atoms with E-state index in [0.29, 0.717) is 6.10 Å².